The van der Waals surface area contributed by atoms with Crippen molar-refractivity contribution in [2.24, 2.45) is 5.73 Å². The molecule has 36 heavy (non-hydrogen) atoms. The number of ether oxygens (including phenoxy) is 1. The normalized spacial score (nSPS) is 12.2. The largest absolute Gasteiger partial charge is 0.476 e. The molecule has 0 aliphatic heterocycles. The van der Waals surface area contributed by atoms with Crippen molar-refractivity contribution in [1.82, 2.24) is 15.6 Å². The average Bonchev–Trinajstić information content (AvgIpc) is 3.19. The monoisotopic (exact) mass is 576 g/mol. The number of nitrogens with two attached hydrogens (primary N) is 1. The van der Waals surface area contributed by atoms with Gasteiger partial charge in [0.2, 0.25) is 5.89 Å². The Labute approximate surface area is 209 Å². The van der Waals surface area contributed by atoms with E-state index >= 15 is 0 Å². The van der Waals surface area contributed by atoms with Gasteiger partial charge in [0.25, 0.3) is 5.91 Å². The van der Waals surface area contributed by atoms with Crippen molar-refractivity contribution in [1.29, 1.82) is 0 Å². The van der Waals surface area contributed by atoms with E-state index in [1.807, 2.05) is 0 Å². The molecule has 3 amide bonds. The van der Waals surface area contributed by atoms with Gasteiger partial charge in [0.1, 0.15) is 17.1 Å². The fraction of sp³-hybridized carbons (Fsp3) is 0.227. The summed E-state index contributed by atoms with van der Waals surface area (Å²) in [7, 11) is 0. The van der Waals surface area contributed by atoms with Crippen LogP contribution in [0.15, 0.2) is 45.5 Å². The minimum Gasteiger partial charge on any atom is -0.476 e. The second kappa shape index (κ2) is 10.9. The van der Waals surface area contributed by atoms with E-state index in [9.17, 15) is 31.5 Å². The van der Waals surface area contributed by atoms with Crippen LogP contribution in [0.3, 0.4) is 0 Å². The molecule has 0 aliphatic rings. The number of benzene rings is 2. The maximum atomic E-state index is 14.7. The van der Waals surface area contributed by atoms with Crippen LogP contribution in [0.1, 0.15) is 34.8 Å². The smallest absolute Gasteiger partial charge is 0.416 e. The number of carbonyl (C=O) groups excluding carboxylic acids is 2. The first-order valence-electron chi connectivity index (χ1n) is 10.2. The van der Waals surface area contributed by atoms with Crippen LogP contribution in [0.5, 0.6) is 5.75 Å². The zero-order valence-electron chi connectivity index (χ0n) is 18.4. The Kier molecular flexibility index (Phi) is 8.17. The number of alkyl halides is 3. The third-order valence-corrected chi connectivity index (χ3v) is 5.26. The highest BCUT2D eigenvalue weighted by Gasteiger charge is 2.31. The summed E-state index contributed by atoms with van der Waals surface area (Å²) in [5.41, 5.74) is 3.50. The molecule has 3 rings (SSSR count). The first-order valence-corrected chi connectivity index (χ1v) is 11.0. The van der Waals surface area contributed by atoms with E-state index < -0.39 is 52.7 Å². The minimum absolute atomic E-state index is 0.0151. The molecule has 1 aromatic heterocycles. The Morgan fingerprint density at radius 1 is 1.14 bits per heavy atom. The third-order valence-electron chi connectivity index (χ3n) is 4.72. The van der Waals surface area contributed by atoms with Crippen LogP contribution in [-0.2, 0) is 6.18 Å². The van der Waals surface area contributed by atoms with Crippen molar-refractivity contribution < 1.29 is 40.7 Å². The molecule has 1 heterocycles. The summed E-state index contributed by atoms with van der Waals surface area (Å²) < 4.78 is 78.3. The molecule has 0 aliphatic carbocycles. The molecule has 192 valence electrons. The number of aromatic nitrogens is 1. The lowest BCUT2D eigenvalue weighted by atomic mass is 10.1. The number of hydrogen-bond donors (Lipinski definition) is 3. The lowest BCUT2D eigenvalue weighted by Crippen LogP contribution is -2.38. The second-order valence-corrected chi connectivity index (χ2v) is 7.92. The second-order valence-electron chi connectivity index (χ2n) is 7.20. The molecule has 0 radical (unpaired) electrons. The molecule has 0 saturated heterocycles. The number of primary amides is 1. The highest BCUT2D eigenvalue weighted by atomic mass is 79.9. The van der Waals surface area contributed by atoms with Crippen molar-refractivity contribution in [3.05, 3.63) is 69.7 Å². The van der Waals surface area contributed by atoms with Gasteiger partial charge in [0.15, 0.2) is 22.3 Å². The Morgan fingerprint density at radius 2 is 1.81 bits per heavy atom. The maximum absolute atomic E-state index is 14.7. The standard InChI is InChI=1S/C22H18BrF5N4O4/c1-2-30-21(34)31-9-14(35-13-8-7-12(24)15(16(13)25)19(29)33)20-32-17(18(23)36-20)10-3-5-11(6-4-10)22(26,27)28/h3-8,14H,2,9H2,1H3,(H2,29,33)(H2,30,31,34). The van der Waals surface area contributed by atoms with Gasteiger partial charge >= 0.3 is 12.2 Å². The van der Waals surface area contributed by atoms with E-state index in [4.69, 9.17) is 14.9 Å². The van der Waals surface area contributed by atoms with E-state index in [0.29, 0.717) is 6.54 Å². The number of urea groups is 1. The Morgan fingerprint density at radius 3 is 2.39 bits per heavy atom. The molecule has 0 bridgehead atoms. The first kappa shape index (κ1) is 26.9. The molecule has 1 atom stereocenters. The molecule has 14 heteroatoms. The maximum Gasteiger partial charge on any atom is 0.416 e. The molecule has 8 nitrogen and oxygen atoms in total. The molecule has 4 N–H and O–H groups in total. The van der Waals surface area contributed by atoms with Gasteiger partial charge in [0.05, 0.1) is 12.1 Å². The van der Waals surface area contributed by atoms with Gasteiger partial charge in [-0.3, -0.25) is 4.79 Å². The van der Waals surface area contributed by atoms with Crippen molar-refractivity contribution in [3.63, 3.8) is 0 Å². The third kappa shape index (κ3) is 6.11. The lowest BCUT2D eigenvalue weighted by Gasteiger charge is -2.18. The molecule has 0 spiro atoms. The summed E-state index contributed by atoms with van der Waals surface area (Å²) in [6.45, 7) is 1.65. The average molecular weight is 577 g/mol. The van der Waals surface area contributed by atoms with Crippen LogP contribution in [0.4, 0.5) is 26.7 Å². The van der Waals surface area contributed by atoms with Crippen molar-refractivity contribution in [3.8, 4) is 17.0 Å². The number of hydrogen-bond acceptors (Lipinski definition) is 5. The Bertz CT molecular complexity index is 1260. The van der Waals surface area contributed by atoms with Crippen LogP contribution in [0.2, 0.25) is 0 Å². The highest BCUT2D eigenvalue weighted by Crippen LogP contribution is 2.35. The number of nitrogens with one attached hydrogen (secondary N) is 2. The SMILES string of the molecule is CCNC(=O)NCC(Oc1ccc(F)c(C(N)=O)c1F)c1nc(-c2ccc(C(F)(F)F)cc2)c(Br)o1. The Balaban J connectivity index is 1.97. The predicted octanol–water partition coefficient (Wildman–Crippen LogP) is 4.94. The van der Waals surface area contributed by atoms with Gasteiger partial charge in [-0.25, -0.2) is 18.6 Å². The van der Waals surface area contributed by atoms with E-state index in [1.165, 1.54) is 12.1 Å². The fourth-order valence-electron chi connectivity index (χ4n) is 3.04. The van der Waals surface area contributed by atoms with Crippen molar-refractivity contribution in [2.75, 3.05) is 13.1 Å². The van der Waals surface area contributed by atoms with Gasteiger partial charge in [-0.05, 0) is 47.1 Å². The molecule has 2 aromatic carbocycles. The number of carbonyl (C=O) groups is 2. The topological polar surface area (TPSA) is 119 Å². The van der Waals surface area contributed by atoms with E-state index in [-0.39, 0.29) is 28.4 Å². The lowest BCUT2D eigenvalue weighted by molar-refractivity contribution is -0.137. The van der Waals surface area contributed by atoms with Crippen LogP contribution >= 0.6 is 15.9 Å². The number of halogens is 6. The summed E-state index contributed by atoms with van der Waals surface area (Å²) >= 11 is 3.13. The van der Waals surface area contributed by atoms with E-state index in [2.05, 4.69) is 31.5 Å². The zero-order chi connectivity index (χ0) is 26.6. The minimum atomic E-state index is -4.53. The molecular weight excluding hydrogens is 559 g/mol. The molecule has 0 saturated carbocycles. The molecular formula is C22H18BrF5N4O4. The van der Waals surface area contributed by atoms with Gasteiger partial charge in [0, 0.05) is 12.1 Å². The van der Waals surface area contributed by atoms with Crippen LogP contribution in [0, 0.1) is 11.6 Å². The fourth-order valence-corrected chi connectivity index (χ4v) is 3.52. The zero-order valence-corrected chi connectivity index (χ0v) is 20.0. The number of amides is 3. The summed E-state index contributed by atoms with van der Waals surface area (Å²) in [6, 6.07) is 5.15. The number of rotatable bonds is 8. The van der Waals surface area contributed by atoms with Crippen molar-refractivity contribution >= 4 is 27.9 Å². The molecule has 1 unspecified atom stereocenters. The number of oxazole rings is 1. The van der Waals surface area contributed by atoms with Crippen LogP contribution < -0.4 is 21.1 Å². The predicted molar refractivity (Wildman–Crippen MR) is 120 cm³/mol. The quantitative estimate of drug-likeness (QED) is 0.328. The van der Waals surface area contributed by atoms with E-state index in [1.54, 1.807) is 6.92 Å². The highest BCUT2D eigenvalue weighted by molar-refractivity contribution is 9.10. The van der Waals surface area contributed by atoms with Gasteiger partial charge in [-0.2, -0.15) is 13.2 Å². The van der Waals surface area contributed by atoms with Gasteiger partial charge in [-0.1, -0.05) is 12.1 Å². The van der Waals surface area contributed by atoms with Crippen LogP contribution in [0.25, 0.3) is 11.3 Å². The molecule has 3 aromatic rings. The summed E-state index contributed by atoms with van der Waals surface area (Å²) in [5, 5.41) is 4.94. The summed E-state index contributed by atoms with van der Waals surface area (Å²) in [4.78, 5) is 27.5. The summed E-state index contributed by atoms with van der Waals surface area (Å²) in [6.07, 6.45) is -5.84. The van der Waals surface area contributed by atoms with E-state index in [0.717, 1.165) is 24.3 Å². The van der Waals surface area contributed by atoms with Crippen LogP contribution in [-0.4, -0.2) is 30.0 Å². The number of nitrogens with zero attached hydrogens (tertiary/aromatic N) is 1. The molecule has 0 fully saturated rings. The summed E-state index contributed by atoms with van der Waals surface area (Å²) in [5.74, 6) is -4.74. The van der Waals surface area contributed by atoms with Gasteiger partial charge < -0.3 is 25.5 Å². The van der Waals surface area contributed by atoms with Gasteiger partial charge in [-0.15, -0.1) is 0 Å². The van der Waals surface area contributed by atoms with Crippen molar-refractivity contribution in [2.45, 2.75) is 19.2 Å². The first-order chi connectivity index (χ1) is 16.9. The Hall–Kier alpha value is -3.68.